The molecule has 0 aliphatic carbocycles. The van der Waals surface area contributed by atoms with Crippen molar-refractivity contribution in [3.8, 4) is 0 Å². The van der Waals surface area contributed by atoms with E-state index in [1.165, 1.54) is 4.88 Å². The molecule has 0 aliphatic heterocycles. The number of nitrogens with two attached hydrogens (primary N) is 1. The van der Waals surface area contributed by atoms with Crippen molar-refractivity contribution in [1.29, 1.82) is 0 Å². The van der Waals surface area contributed by atoms with Crippen LogP contribution in [0.3, 0.4) is 0 Å². The first-order valence-electron chi connectivity index (χ1n) is 5.78. The third-order valence-corrected chi connectivity index (χ3v) is 3.28. The van der Waals surface area contributed by atoms with Crippen molar-refractivity contribution < 1.29 is 9.26 Å². The third-order valence-electron chi connectivity index (χ3n) is 2.34. The average Bonchev–Trinajstić information content (AvgIpc) is 2.95. The molecule has 98 valence electrons. The Kier molecular flexibility index (Phi) is 4.11. The summed E-state index contributed by atoms with van der Waals surface area (Å²) in [4.78, 5) is 5.50. The number of ether oxygens (including phenoxy) is 1. The molecule has 2 N–H and O–H groups in total. The number of aromatic nitrogens is 2. The molecule has 0 saturated heterocycles. The van der Waals surface area contributed by atoms with Crippen LogP contribution in [-0.2, 0) is 23.3 Å². The molecular weight excluding hydrogens is 250 g/mol. The molecule has 0 spiro atoms. The lowest BCUT2D eigenvalue weighted by molar-refractivity contribution is 0.100. The lowest BCUT2D eigenvalue weighted by Gasteiger charge is -2.11. The molecule has 0 fully saturated rings. The van der Waals surface area contributed by atoms with Crippen molar-refractivity contribution in [3.63, 3.8) is 0 Å². The second kappa shape index (κ2) is 5.60. The normalized spacial score (nSPS) is 11.9. The lowest BCUT2D eigenvalue weighted by atomic mass is 10.1. The van der Waals surface area contributed by atoms with Crippen LogP contribution in [0.15, 0.2) is 22.0 Å². The number of nitrogens with zero attached hydrogens (tertiary/aromatic N) is 2. The van der Waals surface area contributed by atoms with E-state index in [0.29, 0.717) is 24.9 Å². The van der Waals surface area contributed by atoms with Gasteiger partial charge in [0.1, 0.15) is 6.61 Å². The van der Waals surface area contributed by atoms with Crippen molar-refractivity contribution in [1.82, 2.24) is 10.1 Å². The van der Waals surface area contributed by atoms with Gasteiger partial charge in [-0.05, 0) is 25.3 Å². The van der Waals surface area contributed by atoms with E-state index in [0.717, 1.165) is 6.42 Å². The molecule has 0 aromatic carbocycles. The first kappa shape index (κ1) is 13.2. The van der Waals surface area contributed by atoms with Crippen molar-refractivity contribution in [2.45, 2.75) is 32.4 Å². The quantitative estimate of drug-likeness (QED) is 0.811. The van der Waals surface area contributed by atoms with Crippen LogP contribution in [0, 0.1) is 0 Å². The summed E-state index contributed by atoms with van der Waals surface area (Å²) in [5.41, 5.74) is 5.28. The number of hydrogen-bond acceptors (Lipinski definition) is 6. The van der Waals surface area contributed by atoms with Crippen LogP contribution in [0.25, 0.3) is 0 Å². The molecule has 0 atom stereocenters. The largest absolute Gasteiger partial charge is 0.371 e. The summed E-state index contributed by atoms with van der Waals surface area (Å²) in [5.74, 6) is 0.967. The highest BCUT2D eigenvalue weighted by Crippen LogP contribution is 2.13. The van der Waals surface area contributed by atoms with Gasteiger partial charge in [-0.2, -0.15) is 4.98 Å². The van der Waals surface area contributed by atoms with Crippen LogP contribution < -0.4 is 5.73 Å². The summed E-state index contributed by atoms with van der Waals surface area (Å²) in [6.45, 7) is 4.64. The van der Waals surface area contributed by atoms with Gasteiger partial charge >= 0.3 is 0 Å². The molecule has 0 radical (unpaired) electrons. The first-order chi connectivity index (χ1) is 8.55. The fourth-order valence-electron chi connectivity index (χ4n) is 1.36. The maximum Gasteiger partial charge on any atom is 0.252 e. The van der Waals surface area contributed by atoms with Gasteiger partial charge in [0.15, 0.2) is 5.82 Å². The van der Waals surface area contributed by atoms with E-state index in [1.807, 2.05) is 19.9 Å². The smallest absolute Gasteiger partial charge is 0.252 e. The number of hydrogen-bond donors (Lipinski definition) is 1. The second-order valence-electron chi connectivity index (χ2n) is 4.62. The third kappa shape index (κ3) is 3.63. The van der Waals surface area contributed by atoms with Crippen LogP contribution in [0.4, 0.5) is 0 Å². The van der Waals surface area contributed by atoms with Gasteiger partial charge in [0.05, 0.1) is 12.1 Å². The predicted octanol–water partition coefficient (Wildman–Crippen LogP) is 2.08. The molecule has 18 heavy (non-hydrogen) atoms. The predicted molar refractivity (Wildman–Crippen MR) is 69.2 cm³/mol. The van der Waals surface area contributed by atoms with Gasteiger partial charge in [-0.3, -0.25) is 0 Å². The van der Waals surface area contributed by atoms with Crippen LogP contribution in [-0.4, -0.2) is 16.7 Å². The highest BCUT2D eigenvalue weighted by atomic mass is 32.1. The van der Waals surface area contributed by atoms with Crippen LogP contribution in [0.2, 0.25) is 0 Å². The minimum Gasteiger partial charge on any atom is -0.371 e. The molecule has 2 aromatic rings. The van der Waals surface area contributed by atoms with E-state index >= 15 is 0 Å². The molecule has 2 aromatic heterocycles. The molecule has 0 bridgehead atoms. The van der Waals surface area contributed by atoms with Gasteiger partial charge in [-0.25, -0.2) is 0 Å². The Hall–Kier alpha value is -1.24. The minimum atomic E-state index is -0.585. The topological polar surface area (TPSA) is 74.2 Å². The molecule has 2 heterocycles. The van der Waals surface area contributed by atoms with E-state index in [9.17, 15) is 0 Å². The molecule has 6 heteroatoms. The fourth-order valence-corrected chi connectivity index (χ4v) is 2.05. The summed E-state index contributed by atoms with van der Waals surface area (Å²) < 4.78 is 10.6. The Balaban J connectivity index is 1.75. The van der Waals surface area contributed by atoms with E-state index in [4.69, 9.17) is 15.0 Å². The van der Waals surface area contributed by atoms with Crippen LogP contribution >= 0.6 is 11.3 Å². The van der Waals surface area contributed by atoms with Crippen LogP contribution in [0.1, 0.15) is 30.4 Å². The van der Waals surface area contributed by atoms with Gasteiger partial charge in [-0.15, -0.1) is 11.3 Å². The summed E-state index contributed by atoms with van der Waals surface area (Å²) >= 11 is 1.73. The highest BCUT2D eigenvalue weighted by molar-refractivity contribution is 7.09. The summed E-state index contributed by atoms with van der Waals surface area (Å²) in [5, 5.41) is 5.89. The SMILES string of the molecule is CC(C)(N)c1noc(COCCc2cccs2)n1. The van der Waals surface area contributed by atoms with Crippen molar-refractivity contribution in [3.05, 3.63) is 34.1 Å². The lowest BCUT2D eigenvalue weighted by Crippen LogP contribution is -2.30. The van der Waals surface area contributed by atoms with Crippen molar-refractivity contribution in [2.75, 3.05) is 6.61 Å². The monoisotopic (exact) mass is 267 g/mol. The molecule has 0 aliphatic rings. The van der Waals surface area contributed by atoms with Gasteiger partial charge < -0.3 is 15.0 Å². The van der Waals surface area contributed by atoms with E-state index in [2.05, 4.69) is 21.6 Å². The van der Waals surface area contributed by atoms with Gasteiger partial charge in [0, 0.05) is 11.3 Å². The Bertz CT molecular complexity index is 474. The second-order valence-corrected chi connectivity index (χ2v) is 5.65. The summed E-state index contributed by atoms with van der Waals surface area (Å²) in [6, 6.07) is 4.13. The highest BCUT2D eigenvalue weighted by Gasteiger charge is 2.21. The Labute approximate surface area is 110 Å². The first-order valence-corrected chi connectivity index (χ1v) is 6.66. The van der Waals surface area contributed by atoms with Gasteiger partial charge in [0.25, 0.3) is 5.89 Å². The zero-order valence-corrected chi connectivity index (χ0v) is 11.4. The molecule has 5 nitrogen and oxygen atoms in total. The molecule has 0 unspecified atom stereocenters. The maximum atomic E-state index is 5.86. The number of rotatable bonds is 6. The number of thiophene rings is 1. The average molecular weight is 267 g/mol. The fraction of sp³-hybridized carbons (Fsp3) is 0.500. The Morgan fingerprint density at radius 3 is 2.94 bits per heavy atom. The Morgan fingerprint density at radius 1 is 1.50 bits per heavy atom. The van der Waals surface area contributed by atoms with Gasteiger partial charge in [0.2, 0.25) is 0 Å². The van der Waals surface area contributed by atoms with Crippen LogP contribution in [0.5, 0.6) is 0 Å². The standard InChI is InChI=1S/C12H17N3O2S/c1-12(2,13)11-14-10(17-15-11)8-16-6-5-9-4-3-7-18-9/h3-4,7H,5-6,8,13H2,1-2H3. The zero-order chi connectivity index (χ0) is 13.0. The van der Waals surface area contributed by atoms with E-state index in [1.54, 1.807) is 11.3 Å². The maximum absolute atomic E-state index is 5.86. The Morgan fingerprint density at radius 2 is 2.33 bits per heavy atom. The zero-order valence-electron chi connectivity index (χ0n) is 10.5. The van der Waals surface area contributed by atoms with E-state index < -0.39 is 5.54 Å². The molecule has 2 rings (SSSR count). The van der Waals surface area contributed by atoms with E-state index in [-0.39, 0.29) is 0 Å². The minimum absolute atomic E-state index is 0.328. The van der Waals surface area contributed by atoms with Gasteiger partial charge in [-0.1, -0.05) is 11.2 Å². The molecule has 0 saturated carbocycles. The summed E-state index contributed by atoms with van der Waals surface area (Å²) in [7, 11) is 0. The van der Waals surface area contributed by atoms with Crippen molar-refractivity contribution in [2.24, 2.45) is 5.73 Å². The summed E-state index contributed by atoms with van der Waals surface area (Å²) in [6.07, 6.45) is 0.904. The van der Waals surface area contributed by atoms with Crippen molar-refractivity contribution >= 4 is 11.3 Å². The molecule has 0 amide bonds. The molecular formula is C12H17N3O2S.